The number of allylic oxidation sites excluding steroid dienone is 2. The van der Waals surface area contributed by atoms with E-state index < -0.39 is 36.2 Å². The zero-order chi connectivity index (χ0) is 19.9. The van der Waals surface area contributed by atoms with E-state index in [0.29, 0.717) is 24.2 Å². The number of hydrogen-bond donors (Lipinski definition) is 1. The highest BCUT2D eigenvalue weighted by Gasteiger charge is 2.35. The van der Waals surface area contributed by atoms with Crippen molar-refractivity contribution in [2.24, 2.45) is 0 Å². The molecule has 1 N–H and O–H groups in total. The van der Waals surface area contributed by atoms with Crippen molar-refractivity contribution in [3.05, 3.63) is 24.3 Å². The Morgan fingerprint density at radius 2 is 1.42 bits per heavy atom. The number of amides is 2. The zero-order valence-corrected chi connectivity index (χ0v) is 15.8. The molecule has 0 bridgehead atoms. The van der Waals surface area contributed by atoms with E-state index in [-0.39, 0.29) is 6.61 Å². The molecule has 0 saturated carbocycles. The number of aliphatic carboxylic acids is 1. The normalized spacial score (nSPS) is 12.3. The van der Waals surface area contributed by atoms with Crippen LogP contribution in [0.1, 0.15) is 59.3 Å². The van der Waals surface area contributed by atoms with Crippen LogP contribution in [0.15, 0.2) is 24.3 Å². The van der Waals surface area contributed by atoms with Crippen LogP contribution in [0.5, 0.6) is 0 Å². The highest BCUT2D eigenvalue weighted by Crippen LogP contribution is 2.12. The van der Waals surface area contributed by atoms with Crippen molar-refractivity contribution < 1.29 is 29.0 Å². The summed E-state index contributed by atoms with van der Waals surface area (Å²) in [5.41, 5.74) is 0. The summed E-state index contributed by atoms with van der Waals surface area (Å²) in [6, 6.07) is -1.50. The maximum atomic E-state index is 12.5. The maximum Gasteiger partial charge on any atom is 0.329 e. The van der Waals surface area contributed by atoms with Gasteiger partial charge in [0.2, 0.25) is 0 Å². The van der Waals surface area contributed by atoms with Gasteiger partial charge in [0.1, 0.15) is 6.04 Å². The van der Waals surface area contributed by atoms with Crippen LogP contribution in [0.3, 0.4) is 0 Å². The molecule has 7 heteroatoms. The molecule has 0 heterocycles. The van der Waals surface area contributed by atoms with Crippen molar-refractivity contribution in [2.45, 2.75) is 65.3 Å². The molecule has 0 aromatic rings. The lowest BCUT2D eigenvalue weighted by Crippen LogP contribution is -2.49. The number of hydrogen-bond acceptors (Lipinski definition) is 5. The lowest BCUT2D eigenvalue weighted by Gasteiger charge is -2.25. The number of unbranched alkanes of at least 4 members (excludes halogenated alkanes) is 2. The molecule has 0 fully saturated rings. The van der Waals surface area contributed by atoms with Crippen molar-refractivity contribution in [1.82, 2.24) is 4.90 Å². The van der Waals surface area contributed by atoms with Gasteiger partial charge in [-0.1, -0.05) is 45.8 Å². The van der Waals surface area contributed by atoms with E-state index in [1.54, 1.807) is 19.1 Å². The Labute approximate surface area is 154 Å². The summed E-state index contributed by atoms with van der Waals surface area (Å²) in [5.74, 6) is -3.67. The van der Waals surface area contributed by atoms with Crippen molar-refractivity contribution >= 4 is 23.8 Å². The number of rotatable bonds is 12. The summed E-state index contributed by atoms with van der Waals surface area (Å²) in [7, 11) is 0. The predicted octanol–water partition coefficient (Wildman–Crippen LogP) is 2.85. The number of nitrogens with zero attached hydrogens (tertiary/aromatic N) is 1. The average Bonchev–Trinajstić information content (AvgIpc) is 2.59. The minimum absolute atomic E-state index is 0.0858. The van der Waals surface area contributed by atoms with E-state index in [0.717, 1.165) is 12.8 Å². The fourth-order valence-corrected chi connectivity index (χ4v) is 2.02. The van der Waals surface area contributed by atoms with Crippen LogP contribution in [-0.2, 0) is 23.9 Å². The quantitative estimate of drug-likeness (QED) is 0.420. The van der Waals surface area contributed by atoms with Crippen LogP contribution < -0.4 is 0 Å². The van der Waals surface area contributed by atoms with Crippen molar-refractivity contribution in [3.8, 4) is 0 Å². The first-order chi connectivity index (χ1) is 12.4. The Bertz CT molecular complexity index is 510. The van der Waals surface area contributed by atoms with Crippen molar-refractivity contribution in [2.75, 3.05) is 6.61 Å². The zero-order valence-electron chi connectivity index (χ0n) is 15.8. The number of ether oxygens (including phenoxy) is 1. The molecule has 0 aromatic carbocycles. The maximum absolute atomic E-state index is 12.5. The second kappa shape index (κ2) is 13.8. The molecule has 7 nitrogen and oxygen atoms in total. The van der Waals surface area contributed by atoms with Crippen LogP contribution in [-0.4, -0.2) is 46.4 Å². The average molecular weight is 367 g/mol. The highest BCUT2D eigenvalue weighted by atomic mass is 16.5. The summed E-state index contributed by atoms with van der Waals surface area (Å²) in [4.78, 5) is 49.1. The van der Waals surface area contributed by atoms with Gasteiger partial charge in [-0.05, 0) is 31.4 Å². The van der Waals surface area contributed by atoms with Crippen LogP contribution in [0.4, 0.5) is 0 Å². The van der Waals surface area contributed by atoms with Gasteiger partial charge in [0.05, 0.1) is 13.0 Å². The highest BCUT2D eigenvalue weighted by molar-refractivity contribution is 6.08. The Morgan fingerprint density at radius 3 is 1.81 bits per heavy atom. The van der Waals surface area contributed by atoms with Crippen LogP contribution in [0.2, 0.25) is 0 Å². The molecule has 0 aromatic heterocycles. The molecule has 0 aliphatic carbocycles. The Balaban J connectivity index is 5.67. The number of imide groups is 1. The van der Waals surface area contributed by atoms with Gasteiger partial charge in [0, 0.05) is 0 Å². The van der Waals surface area contributed by atoms with E-state index in [1.807, 2.05) is 13.8 Å². The first-order valence-electron chi connectivity index (χ1n) is 8.97. The summed E-state index contributed by atoms with van der Waals surface area (Å²) in [6.07, 6.45) is 8.28. The van der Waals surface area contributed by atoms with Crippen molar-refractivity contribution in [3.63, 3.8) is 0 Å². The molecule has 146 valence electrons. The minimum atomic E-state index is -1.50. The molecular weight excluding hydrogens is 338 g/mol. The molecule has 0 aliphatic heterocycles. The third-order valence-electron chi connectivity index (χ3n) is 3.31. The molecular formula is C19H29NO6. The predicted molar refractivity (Wildman–Crippen MR) is 97.2 cm³/mol. The molecule has 0 aliphatic rings. The smallest absolute Gasteiger partial charge is 0.329 e. The van der Waals surface area contributed by atoms with Gasteiger partial charge < -0.3 is 9.84 Å². The second-order valence-electron chi connectivity index (χ2n) is 5.71. The van der Waals surface area contributed by atoms with Gasteiger partial charge in [-0.3, -0.25) is 19.3 Å². The topological polar surface area (TPSA) is 101 Å². The largest absolute Gasteiger partial charge is 0.481 e. The lowest BCUT2D eigenvalue weighted by molar-refractivity contribution is -0.161. The van der Waals surface area contributed by atoms with Crippen LogP contribution in [0, 0.1) is 0 Å². The summed E-state index contributed by atoms with van der Waals surface area (Å²) >= 11 is 0. The molecule has 2 amide bonds. The number of esters is 1. The van der Waals surface area contributed by atoms with Crippen molar-refractivity contribution in [1.29, 1.82) is 0 Å². The molecule has 0 saturated heterocycles. The fourth-order valence-electron chi connectivity index (χ4n) is 2.02. The molecule has 1 unspecified atom stereocenters. The first kappa shape index (κ1) is 23.6. The lowest BCUT2D eigenvalue weighted by atomic mass is 10.1. The van der Waals surface area contributed by atoms with Gasteiger partial charge in [-0.25, -0.2) is 4.79 Å². The molecule has 26 heavy (non-hydrogen) atoms. The van der Waals surface area contributed by atoms with Gasteiger partial charge in [-0.15, -0.1) is 0 Å². The van der Waals surface area contributed by atoms with Crippen LogP contribution >= 0.6 is 0 Å². The fraction of sp³-hybridized carbons (Fsp3) is 0.579. The Morgan fingerprint density at radius 1 is 0.923 bits per heavy atom. The standard InChI is InChI=1S/C19H29NO6/c1-4-7-9-11-16(21)20(17(22)12-10-8-5-2)15(14-18(23)24)19(25)26-13-6-3/h9-12,15H,4-8,13-14H2,1-3H3,(H,23,24)/b11-9+,12-10+. The molecule has 1 atom stereocenters. The molecule has 0 spiro atoms. The third-order valence-corrected chi connectivity index (χ3v) is 3.31. The summed E-state index contributed by atoms with van der Waals surface area (Å²) in [6.45, 7) is 5.73. The number of carbonyl (C=O) groups is 4. The SMILES string of the molecule is CCC/C=C/C(=O)N(C(=O)/C=C/CCC)C(CC(=O)O)C(=O)OCCC. The summed E-state index contributed by atoms with van der Waals surface area (Å²) in [5, 5.41) is 9.11. The van der Waals surface area contributed by atoms with Crippen LogP contribution in [0.25, 0.3) is 0 Å². The Kier molecular flexibility index (Phi) is 12.5. The van der Waals surface area contributed by atoms with Gasteiger partial charge in [0.25, 0.3) is 11.8 Å². The molecule has 0 radical (unpaired) electrons. The number of carboxylic acid groups (broad SMARTS) is 1. The molecule has 0 rings (SSSR count). The minimum Gasteiger partial charge on any atom is -0.481 e. The monoisotopic (exact) mass is 367 g/mol. The van der Waals surface area contributed by atoms with Gasteiger partial charge >= 0.3 is 11.9 Å². The van der Waals surface area contributed by atoms with Gasteiger partial charge in [-0.2, -0.15) is 0 Å². The van der Waals surface area contributed by atoms with E-state index in [4.69, 9.17) is 9.84 Å². The number of carboxylic acids is 1. The number of carbonyl (C=O) groups excluding carboxylic acids is 3. The van der Waals surface area contributed by atoms with Gasteiger partial charge in [0.15, 0.2) is 0 Å². The van der Waals surface area contributed by atoms with E-state index in [2.05, 4.69) is 0 Å². The second-order valence-corrected chi connectivity index (χ2v) is 5.71. The summed E-state index contributed by atoms with van der Waals surface area (Å²) < 4.78 is 4.99. The van der Waals surface area contributed by atoms with E-state index in [9.17, 15) is 19.2 Å². The Hall–Kier alpha value is -2.44. The first-order valence-corrected chi connectivity index (χ1v) is 8.97. The van der Waals surface area contributed by atoms with E-state index in [1.165, 1.54) is 12.2 Å². The van der Waals surface area contributed by atoms with E-state index >= 15 is 0 Å². The third kappa shape index (κ3) is 9.15.